The third-order valence-corrected chi connectivity index (χ3v) is 8.46. The summed E-state index contributed by atoms with van der Waals surface area (Å²) in [7, 11) is 0. The van der Waals surface area contributed by atoms with E-state index in [0.29, 0.717) is 5.92 Å². The molecule has 5 aliphatic rings. The van der Waals surface area contributed by atoms with Crippen LogP contribution in [-0.2, 0) is 6.42 Å². The molecule has 2 bridgehead atoms. The first kappa shape index (κ1) is 19.3. The number of aryl methyl sites for hydroxylation is 1. The van der Waals surface area contributed by atoms with Crippen LogP contribution in [0.1, 0.15) is 49.3 Å². The summed E-state index contributed by atoms with van der Waals surface area (Å²) in [4.78, 5) is 17.1. The largest absolute Gasteiger partial charge is 0.465 e. The van der Waals surface area contributed by atoms with Gasteiger partial charge in [-0.15, -0.1) is 0 Å². The van der Waals surface area contributed by atoms with Crippen molar-refractivity contribution >= 4 is 6.09 Å². The predicted octanol–water partition coefficient (Wildman–Crippen LogP) is 5.33. The molecule has 162 valence electrons. The third kappa shape index (κ3) is 3.16. The van der Waals surface area contributed by atoms with E-state index in [4.69, 9.17) is 0 Å². The zero-order valence-electron chi connectivity index (χ0n) is 17.8. The Bertz CT molecular complexity index is 1010. The number of nitrogens with zero attached hydrogens (tertiary/aromatic N) is 2. The first-order chi connectivity index (χ1) is 15.0. The topological polar surface area (TPSA) is 43.8 Å². The minimum Gasteiger partial charge on any atom is -0.465 e. The van der Waals surface area contributed by atoms with E-state index >= 15 is 0 Å². The van der Waals surface area contributed by atoms with E-state index in [1.165, 1.54) is 23.3 Å². The van der Waals surface area contributed by atoms with E-state index < -0.39 is 6.09 Å². The van der Waals surface area contributed by atoms with Crippen LogP contribution in [0.5, 0.6) is 0 Å². The highest BCUT2D eigenvalue weighted by molar-refractivity contribution is 5.69. The Labute approximate surface area is 182 Å². The molecular weight excluding hydrogens is 391 g/mol. The van der Waals surface area contributed by atoms with Crippen LogP contribution in [0, 0.1) is 17.2 Å². The first-order valence-corrected chi connectivity index (χ1v) is 11.7. The molecule has 3 aliphatic heterocycles. The molecule has 2 atom stereocenters. The number of carbonyl (C=O) groups is 1. The quantitative estimate of drug-likeness (QED) is 0.729. The first-order valence-electron chi connectivity index (χ1n) is 11.7. The Morgan fingerprint density at radius 2 is 1.74 bits per heavy atom. The van der Waals surface area contributed by atoms with E-state index in [1.54, 1.807) is 0 Å². The monoisotopic (exact) mass is 420 g/mol. The van der Waals surface area contributed by atoms with E-state index in [0.717, 1.165) is 69.3 Å². The molecule has 5 heteroatoms. The molecule has 2 aromatic carbocycles. The van der Waals surface area contributed by atoms with E-state index in [1.807, 2.05) is 17.0 Å². The van der Waals surface area contributed by atoms with Crippen molar-refractivity contribution in [2.75, 3.05) is 19.6 Å². The van der Waals surface area contributed by atoms with Crippen LogP contribution in [0.4, 0.5) is 9.18 Å². The second kappa shape index (κ2) is 7.06. The van der Waals surface area contributed by atoms with Gasteiger partial charge in [-0.1, -0.05) is 24.3 Å². The van der Waals surface area contributed by atoms with Gasteiger partial charge in [0.1, 0.15) is 5.82 Å². The molecule has 1 spiro atoms. The van der Waals surface area contributed by atoms with Gasteiger partial charge in [0, 0.05) is 6.54 Å². The summed E-state index contributed by atoms with van der Waals surface area (Å²) in [5, 5.41) is 10.5. The molecular formula is C26H29FN2O2. The van der Waals surface area contributed by atoms with Crippen LogP contribution < -0.4 is 0 Å². The number of fused-ring (bicyclic) bond motifs is 4. The molecule has 3 heterocycles. The summed E-state index contributed by atoms with van der Waals surface area (Å²) in [5.41, 5.74) is 4.58. The molecule has 2 aromatic rings. The summed E-state index contributed by atoms with van der Waals surface area (Å²) in [5.74, 6) is 0.235. The molecule has 1 saturated carbocycles. The summed E-state index contributed by atoms with van der Waals surface area (Å²) >= 11 is 0. The van der Waals surface area contributed by atoms with Gasteiger partial charge in [0.25, 0.3) is 0 Å². The van der Waals surface area contributed by atoms with Crippen molar-refractivity contribution in [3.05, 3.63) is 59.4 Å². The van der Waals surface area contributed by atoms with Gasteiger partial charge in [-0.25, -0.2) is 9.18 Å². The average Bonchev–Trinajstić information content (AvgIpc) is 3.56. The number of carboxylic acid groups (broad SMARTS) is 1. The molecule has 0 aromatic heterocycles. The van der Waals surface area contributed by atoms with Crippen LogP contribution >= 0.6 is 0 Å². The number of hydrogen-bond donors (Lipinski definition) is 1. The number of amides is 1. The standard InChI is InChI=1S/C26H29FN2O2/c27-21-5-3-17(4-6-21)20-2-1-18-7-10-26(11-12-26)24(22(18)15-20)29(25(30)31)23-16-28-13-8-19(23)9-14-28/h1-6,15,19,23-24H,7-14,16H2,(H,30,31)/t23-,24?/m1/s1. The van der Waals surface area contributed by atoms with E-state index in [2.05, 4.69) is 23.1 Å². The van der Waals surface area contributed by atoms with Crippen molar-refractivity contribution in [2.45, 2.75) is 50.6 Å². The van der Waals surface area contributed by atoms with E-state index in [9.17, 15) is 14.3 Å². The highest BCUT2D eigenvalue weighted by Gasteiger charge is 2.57. The Morgan fingerprint density at radius 3 is 2.35 bits per heavy atom. The van der Waals surface area contributed by atoms with Gasteiger partial charge in [0.05, 0.1) is 12.1 Å². The van der Waals surface area contributed by atoms with E-state index in [-0.39, 0.29) is 23.3 Å². The fourth-order valence-corrected chi connectivity index (χ4v) is 6.57. The van der Waals surface area contributed by atoms with Crippen LogP contribution in [0.25, 0.3) is 11.1 Å². The van der Waals surface area contributed by atoms with Gasteiger partial charge in [-0.3, -0.25) is 4.90 Å². The van der Waals surface area contributed by atoms with Crippen molar-refractivity contribution in [1.82, 2.24) is 9.80 Å². The maximum Gasteiger partial charge on any atom is 0.408 e. The minimum atomic E-state index is -0.768. The number of hydrogen-bond acceptors (Lipinski definition) is 2. The van der Waals surface area contributed by atoms with Crippen LogP contribution in [0.2, 0.25) is 0 Å². The second-order valence-corrected chi connectivity index (χ2v) is 10.1. The molecule has 7 rings (SSSR count). The zero-order valence-corrected chi connectivity index (χ0v) is 17.8. The maximum atomic E-state index is 13.4. The smallest absolute Gasteiger partial charge is 0.408 e. The Kier molecular flexibility index (Phi) is 4.39. The van der Waals surface area contributed by atoms with Gasteiger partial charge in [0.2, 0.25) is 0 Å². The van der Waals surface area contributed by atoms with Crippen molar-refractivity contribution in [3.63, 3.8) is 0 Å². The van der Waals surface area contributed by atoms with Crippen LogP contribution in [-0.4, -0.2) is 46.7 Å². The van der Waals surface area contributed by atoms with Crippen molar-refractivity contribution in [1.29, 1.82) is 0 Å². The number of rotatable bonds is 3. The second-order valence-electron chi connectivity index (χ2n) is 10.1. The molecule has 2 aliphatic carbocycles. The Hall–Kier alpha value is -2.40. The molecule has 4 nitrogen and oxygen atoms in total. The molecule has 3 saturated heterocycles. The van der Waals surface area contributed by atoms with Gasteiger partial charge >= 0.3 is 6.09 Å². The molecule has 0 radical (unpaired) electrons. The van der Waals surface area contributed by atoms with Gasteiger partial charge in [-0.2, -0.15) is 0 Å². The van der Waals surface area contributed by atoms with Crippen molar-refractivity contribution in [3.8, 4) is 11.1 Å². The molecule has 1 amide bonds. The highest BCUT2D eigenvalue weighted by Crippen LogP contribution is 2.64. The fourth-order valence-electron chi connectivity index (χ4n) is 6.57. The summed E-state index contributed by atoms with van der Waals surface area (Å²) in [6.07, 6.45) is 5.77. The summed E-state index contributed by atoms with van der Waals surface area (Å²) in [6.45, 7) is 3.09. The zero-order chi connectivity index (χ0) is 21.2. The van der Waals surface area contributed by atoms with Gasteiger partial charge in [-0.05, 0) is 103 Å². The maximum absolute atomic E-state index is 13.4. The summed E-state index contributed by atoms with van der Waals surface area (Å²) in [6, 6.07) is 13.1. The van der Waals surface area contributed by atoms with Crippen LogP contribution in [0.15, 0.2) is 42.5 Å². The lowest BCUT2D eigenvalue weighted by Gasteiger charge is -2.52. The number of halogens is 1. The number of benzene rings is 2. The fraction of sp³-hybridized carbons (Fsp3) is 0.500. The summed E-state index contributed by atoms with van der Waals surface area (Å²) < 4.78 is 13.4. The minimum absolute atomic E-state index is 0.0697. The molecule has 31 heavy (non-hydrogen) atoms. The average molecular weight is 421 g/mol. The molecule has 1 N–H and O–H groups in total. The van der Waals surface area contributed by atoms with Crippen LogP contribution in [0.3, 0.4) is 0 Å². The Morgan fingerprint density at radius 1 is 1.03 bits per heavy atom. The lowest BCUT2D eigenvalue weighted by molar-refractivity contribution is -0.0243. The predicted molar refractivity (Wildman–Crippen MR) is 117 cm³/mol. The lowest BCUT2D eigenvalue weighted by atomic mass is 9.73. The highest BCUT2D eigenvalue weighted by atomic mass is 19.1. The van der Waals surface area contributed by atoms with Gasteiger partial charge in [0.15, 0.2) is 0 Å². The Balaban J connectivity index is 1.44. The van der Waals surface area contributed by atoms with Crippen molar-refractivity contribution < 1.29 is 14.3 Å². The third-order valence-electron chi connectivity index (χ3n) is 8.46. The lowest BCUT2D eigenvalue weighted by Crippen LogP contribution is -2.60. The number of piperidine rings is 3. The molecule has 1 unspecified atom stereocenters. The van der Waals surface area contributed by atoms with Gasteiger partial charge < -0.3 is 10.0 Å². The molecule has 4 fully saturated rings. The SMILES string of the molecule is O=C(O)N(C1c2cc(-c3ccc(F)cc3)ccc2CCC12CC2)[C@@H]1CN2CCC1CC2. The normalized spacial score (nSPS) is 30.1. The van der Waals surface area contributed by atoms with Crippen molar-refractivity contribution in [2.24, 2.45) is 11.3 Å².